The van der Waals surface area contributed by atoms with Crippen molar-refractivity contribution in [2.45, 2.75) is 19.8 Å². The topological polar surface area (TPSA) is 82.1 Å². The van der Waals surface area contributed by atoms with Crippen LogP contribution < -0.4 is 0 Å². The summed E-state index contributed by atoms with van der Waals surface area (Å²) in [5.74, 6) is -0.730. The number of benzene rings is 3. The van der Waals surface area contributed by atoms with Crippen LogP contribution in [0.5, 0.6) is 0 Å². The van der Waals surface area contributed by atoms with Crippen LogP contribution in [0.4, 0.5) is 0 Å². The number of rotatable bonds is 11. The zero-order chi connectivity index (χ0) is 21.3. The first kappa shape index (κ1) is 22.6. The fraction of sp³-hybridized carbons (Fsp3) is 0.182. The summed E-state index contributed by atoms with van der Waals surface area (Å²) in [6.45, 7) is -0.0941. The first-order valence-corrected chi connectivity index (χ1v) is 12.9. The quantitative estimate of drug-likeness (QED) is 0.365. The van der Waals surface area contributed by atoms with Crippen molar-refractivity contribution in [2.24, 2.45) is 0 Å². The predicted octanol–water partition coefficient (Wildman–Crippen LogP) is 5.97. The summed E-state index contributed by atoms with van der Waals surface area (Å²) < 4.78 is 42.2. The van der Waals surface area contributed by atoms with Crippen molar-refractivity contribution < 1.29 is 27.6 Å². The Morgan fingerprint density at radius 1 is 0.567 bits per heavy atom. The third-order valence-corrected chi connectivity index (χ3v) is 8.56. The van der Waals surface area contributed by atoms with Gasteiger partial charge in [-0.3, -0.25) is 9.13 Å². The summed E-state index contributed by atoms with van der Waals surface area (Å²) in [4.78, 5) is 10.3. The SMILES string of the molecule is O=P(O)(CP(=O)(OCc1ccccc1)OCc1ccccc1)OCc1ccccc1. The lowest BCUT2D eigenvalue weighted by Gasteiger charge is -2.21. The van der Waals surface area contributed by atoms with Gasteiger partial charge in [0.2, 0.25) is 0 Å². The molecule has 0 aromatic heterocycles. The van der Waals surface area contributed by atoms with E-state index in [2.05, 4.69) is 0 Å². The van der Waals surface area contributed by atoms with E-state index in [1.807, 2.05) is 66.7 Å². The fourth-order valence-corrected chi connectivity index (χ4v) is 6.47. The molecule has 3 aromatic carbocycles. The molecule has 0 saturated carbocycles. The maximum atomic E-state index is 13.3. The van der Waals surface area contributed by atoms with Gasteiger partial charge in [-0.2, -0.15) is 0 Å². The molecular formula is C22H24O6P2. The van der Waals surface area contributed by atoms with Crippen molar-refractivity contribution in [1.29, 1.82) is 0 Å². The molecule has 1 N–H and O–H groups in total. The molecule has 0 radical (unpaired) electrons. The average Bonchev–Trinajstić information content (AvgIpc) is 2.77. The van der Waals surface area contributed by atoms with Crippen LogP contribution in [-0.4, -0.2) is 10.8 Å². The minimum Gasteiger partial charge on any atom is -0.324 e. The summed E-state index contributed by atoms with van der Waals surface area (Å²) in [7, 11) is -8.17. The van der Waals surface area contributed by atoms with Gasteiger partial charge in [-0.1, -0.05) is 91.0 Å². The molecule has 0 aliphatic heterocycles. The van der Waals surface area contributed by atoms with E-state index in [1.165, 1.54) is 0 Å². The first-order valence-electron chi connectivity index (χ1n) is 9.40. The van der Waals surface area contributed by atoms with E-state index in [-0.39, 0.29) is 19.8 Å². The zero-order valence-corrected chi connectivity index (χ0v) is 18.2. The minimum absolute atomic E-state index is 0.00834. The van der Waals surface area contributed by atoms with E-state index in [1.54, 1.807) is 24.3 Å². The smallest absolute Gasteiger partial charge is 0.324 e. The van der Waals surface area contributed by atoms with Crippen molar-refractivity contribution in [3.05, 3.63) is 108 Å². The van der Waals surface area contributed by atoms with Gasteiger partial charge in [0.15, 0.2) is 5.90 Å². The molecule has 0 amide bonds. The monoisotopic (exact) mass is 446 g/mol. The lowest BCUT2D eigenvalue weighted by Crippen LogP contribution is -2.04. The maximum Gasteiger partial charge on any atom is 0.343 e. The molecule has 1 atom stereocenters. The Balaban J connectivity index is 1.68. The second-order valence-electron chi connectivity index (χ2n) is 6.67. The van der Waals surface area contributed by atoms with E-state index < -0.39 is 21.1 Å². The molecule has 0 heterocycles. The van der Waals surface area contributed by atoms with Crippen LogP contribution in [-0.2, 0) is 42.5 Å². The molecule has 158 valence electrons. The summed E-state index contributed by atoms with van der Waals surface area (Å²) >= 11 is 0. The zero-order valence-electron chi connectivity index (χ0n) is 16.4. The van der Waals surface area contributed by atoms with E-state index in [0.717, 1.165) is 16.7 Å². The highest BCUT2D eigenvalue weighted by atomic mass is 31.2. The molecule has 0 fully saturated rings. The van der Waals surface area contributed by atoms with E-state index in [4.69, 9.17) is 13.6 Å². The fourth-order valence-electron chi connectivity index (χ4n) is 2.62. The van der Waals surface area contributed by atoms with Gasteiger partial charge in [0.05, 0.1) is 19.8 Å². The highest BCUT2D eigenvalue weighted by Gasteiger charge is 2.37. The van der Waals surface area contributed by atoms with Gasteiger partial charge in [-0.05, 0) is 16.7 Å². The maximum absolute atomic E-state index is 13.3. The third-order valence-electron chi connectivity index (χ3n) is 4.17. The normalized spacial score (nSPS) is 13.6. The second-order valence-corrected chi connectivity index (χ2v) is 11.1. The van der Waals surface area contributed by atoms with Crippen LogP contribution in [0.3, 0.4) is 0 Å². The summed E-state index contributed by atoms with van der Waals surface area (Å²) in [5, 5.41) is 0. The number of hydrogen-bond acceptors (Lipinski definition) is 5. The Hall–Kier alpha value is -2.04. The second kappa shape index (κ2) is 10.8. The van der Waals surface area contributed by atoms with Crippen molar-refractivity contribution in [1.82, 2.24) is 0 Å². The molecule has 0 saturated heterocycles. The van der Waals surface area contributed by atoms with Crippen molar-refractivity contribution in [3.63, 3.8) is 0 Å². The van der Waals surface area contributed by atoms with E-state index in [0.29, 0.717) is 0 Å². The Kier molecular flexibility index (Phi) is 8.17. The molecule has 0 bridgehead atoms. The van der Waals surface area contributed by atoms with E-state index >= 15 is 0 Å². The highest BCUT2D eigenvalue weighted by molar-refractivity contribution is 7.70. The molecule has 8 heteroatoms. The van der Waals surface area contributed by atoms with Crippen molar-refractivity contribution in [2.75, 3.05) is 5.90 Å². The molecular weight excluding hydrogens is 422 g/mol. The van der Waals surface area contributed by atoms with Gasteiger partial charge in [-0.15, -0.1) is 0 Å². The van der Waals surface area contributed by atoms with Crippen LogP contribution in [0.2, 0.25) is 0 Å². The van der Waals surface area contributed by atoms with Gasteiger partial charge in [0, 0.05) is 0 Å². The summed E-state index contributed by atoms with van der Waals surface area (Å²) in [6.07, 6.45) is 0. The van der Waals surface area contributed by atoms with Gasteiger partial charge < -0.3 is 18.5 Å². The molecule has 0 spiro atoms. The Labute approximate surface area is 176 Å². The van der Waals surface area contributed by atoms with Crippen LogP contribution in [0.1, 0.15) is 16.7 Å². The van der Waals surface area contributed by atoms with Crippen LogP contribution >= 0.6 is 15.2 Å². The molecule has 0 aliphatic carbocycles. The highest BCUT2D eigenvalue weighted by Crippen LogP contribution is 2.62. The van der Waals surface area contributed by atoms with Gasteiger partial charge in [0.25, 0.3) is 0 Å². The average molecular weight is 446 g/mol. The molecule has 30 heavy (non-hydrogen) atoms. The van der Waals surface area contributed by atoms with Crippen molar-refractivity contribution >= 4 is 15.2 Å². The third kappa shape index (κ3) is 7.66. The summed E-state index contributed by atoms with van der Waals surface area (Å²) in [6, 6.07) is 27.3. The lowest BCUT2D eigenvalue weighted by molar-refractivity contribution is 0.190. The minimum atomic E-state index is -4.24. The molecule has 1 unspecified atom stereocenters. The van der Waals surface area contributed by atoms with Crippen LogP contribution in [0, 0.1) is 0 Å². The predicted molar refractivity (Wildman–Crippen MR) is 116 cm³/mol. The van der Waals surface area contributed by atoms with Gasteiger partial charge >= 0.3 is 15.2 Å². The molecule has 6 nitrogen and oxygen atoms in total. The van der Waals surface area contributed by atoms with E-state index in [9.17, 15) is 14.0 Å². The Bertz CT molecular complexity index is 948. The van der Waals surface area contributed by atoms with Gasteiger partial charge in [0.1, 0.15) is 0 Å². The first-order chi connectivity index (χ1) is 14.4. The number of hydrogen-bond donors (Lipinski definition) is 1. The largest absolute Gasteiger partial charge is 0.343 e. The van der Waals surface area contributed by atoms with Crippen molar-refractivity contribution in [3.8, 4) is 0 Å². The molecule has 0 aliphatic rings. The van der Waals surface area contributed by atoms with Crippen LogP contribution in [0.15, 0.2) is 91.0 Å². The Morgan fingerprint density at radius 2 is 0.900 bits per heavy atom. The van der Waals surface area contributed by atoms with Gasteiger partial charge in [-0.25, -0.2) is 0 Å². The molecule has 3 rings (SSSR count). The lowest BCUT2D eigenvalue weighted by atomic mass is 10.2. The summed E-state index contributed by atoms with van der Waals surface area (Å²) in [5.41, 5.74) is 2.29. The Morgan fingerprint density at radius 3 is 1.27 bits per heavy atom. The molecule has 3 aromatic rings. The standard InChI is InChI=1S/C22H24O6P2/c23-29(24,26-16-20-10-4-1-5-11-20)19-30(25,27-17-21-12-6-2-7-13-21)28-18-22-14-8-3-9-15-22/h1-15H,16-19H2,(H,23,24). The van der Waals surface area contributed by atoms with Crippen LogP contribution in [0.25, 0.3) is 0 Å².